The van der Waals surface area contributed by atoms with Crippen LogP contribution in [0.15, 0.2) is 41.8 Å². The molecule has 0 unspecified atom stereocenters. The molecule has 1 atom stereocenters. The molecule has 0 saturated heterocycles. The standard InChI is InChI=1S/C15H17FN2O2S/c16-12-4-1-3-11(9-12)14(19)10-18-15(20)17-7-6-13-5-2-8-21-13/h1-5,8-9,14,19H,6-7,10H2,(H2,17,18,20)/t14-/m0/s1. The zero-order chi connectivity index (χ0) is 15.1. The molecule has 2 amide bonds. The quantitative estimate of drug-likeness (QED) is 0.767. The number of aliphatic hydroxyl groups is 1. The smallest absolute Gasteiger partial charge is 0.314 e. The van der Waals surface area contributed by atoms with E-state index in [0.717, 1.165) is 6.42 Å². The van der Waals surface area contributed by atoms with Crippen molar-refractivity contribution in [3.63, 3.8) is 0 Å². The largest absolute Gasteiger partial charge is 0.387 e. The maximum Gasteiger partial charge on any atom is 0.314 e. The first kappa shape index (κ1) is 15.5. The highest BCUT2D eigenvalue weighted by Crippen LogP contribution is 2.12. The first-order chi connectivity index (χ1) is 10.1. The molecule has 21 heavy (non-hydrogen) atoms. The second-order valence-corrected chi connectivity index (χ2v) is 5.57. The number of rotatable bonds is 6. The second-order valence-electron chi connectivity index (χ2n) is 4.54. The van der Waals surface area contributed by atoms with Crippen molar-refractivity contribution in [2.45, 2.75) is 12.5 Å². The molecule has 112 valence electrons. The number of amides is 2. The van der Waals surface area contributed by atoms with Gasteiger partial charge in [-0.3, -0.25) is 0 Å². The summed E-state index contributed by atoms with van der Waals surface area (Å²) in [7, 11) is 0. The lowest BCUT2D eigenvalue weighted by Gasteiger charge is -2.13. The molecule has 2 rings (SSSR count). The van der Waals surface area contributed by atoms with Crippen LogP contribution in [0.2, 0.25) is 0 Å². The van der Waals surface area contributed by atoms with Gasteiger partial charge < -0.3 is 15.7 Å². The summed E-state index contributed by atoms with van der Waals surface area (Å²) in [5, 5.41) is 17.1. The van der Waals surface area contributed by atoms with Gasteiger partial charge in [0.25, 0.3) is 0 Å². The Kier molecular flexibility index (Phi) is 5.71. The number of nitrogens with one attached hydrogen (secondary N) is 2. The molecule has 0 aliphatic carbocycles. The van der Waals surface area contributed by atoms with Gasteiger partial charge in [0.1, 0.15) is 5.82 Å². The van der Waals surface area contributed by atoms with Gasteiger partial charge in [0.15, 0.2) is 0 Å². The Morgan fingerprint density at radius 3 is 2.86 bits per heavy atom. The van der Waals surface area contributed by atoms with E-state index in [2.05, 4.69) is 10.6 Å². The minimum absolute atomic E-state index is 0.0360. The van der Waals surface area contributed by atoms with Crippen LogP contribution >= 0.6 is 11.3 Å². The lowest BCUT2D eigenvalue weighted by molar-refractivity contribution is 0.173. The van der Waals surface area contributed by atoms with Gasteiger partial charge in [0, 0.05) is 18.0 Å². The number of aliphatic hydroxyl groups excluding tert-OH is 1. The maximum atomic E-state index is 13.0. The Bertz CT molecular complexity index is 575. The van der Waals surface area contributed by atoms with Crippen LogP contribution < -0.4 is 10.6 Å². The van der Waals surface area contributed by atoms with Crippen molar-refractivity contribution in [3.05, 3.63) is 58.0 Å². The van der Waals surface area contributed by atoms with Gasteiger partial charge in [-0.05, 0) is 35.6 Å². The Balaban J connectivity index is 1.68. The van der Waals surface area contributed by atoms with Gasteiger partial charge in [0.05, 0.1) is 6.10 Å². The molecule has 0 aliphatic rings. The molecule has 0 bridgehead atoms. The highest BCUT2D eigenvalue weighted by Gasteiger charge is 2.09. The van der Waals surface area contributed by atoms with E-state index in [4.69, 9.17) is 0 Å². The first-order valence-corrected chi connectivity index (χ1v) is 7.51. The van der Waals surface area contributed by atoms with Gasteiger partial charge in [-0.25, -0.2) is 9.18 Å². The number of carbonyl (C=O) groups excluding carboxylic acids is 1. The predicted octanol–water partition coefficient (Wildman–Crippen LogP) is 2.46. The summed E-state index contributed by atoms with van der Waals surface area (Å²) in [5.41, 5.74) is 0.439. The zero-order valence-electron chi connectivity index (χ0n) is 11.4. The zero-order valence-corrected chi connectivity index (χ0v) is 12.2. The number of halogens is 1. The number of urea groups is 1. The topological polar surface area (TPSA) is 61.4 Å². The van der Waals surface area contributed by atoms with Crippen molar-refractivity contribution in [3.8, 4) is 0 Å². The van der Waals surface area contributed by atoms with Crippen LogP contribution in [0.25, 0.3) is 0 Å². The fourth-order valence-corrected chi connectivity index (χ4v) is 2.55. The molecule has 1 aromatic heterocycles. The summed E-state index contributed by atoms with van der Waals surface area (Å²) in [4.78, 5) is 12.8. The maximum absolute atomic E-state index is 13.0. The van der Waals surface area contributed by atoms with Crippen molar-refractivity contribution in [2.75, 3.05) is 13.1 Å². The Morgan fingerprint density at radius 2 is 2.14 bits per heavy atom. The molecule has 3 N–H and O–H groups in total. The second kappa shape index (κ2) is 7.75. The molecule has 0 radical (unpaired) electrons. The molecule has 2 aromatic rings. The summed E-state index contributed by atoms with van der Waals surface area (Å²) >= 11 is 1.64. The van der Waals surface area contributed by atoms with E-state index in [9.17, 15) is 14.3 Å². The summed E-state index contributed by atoms with van der Waals surface area (Å²) in [6.45, 7) is 0.566. The minimum Gasteiger partial charge on any atom is -0.387 e. The molecular weight excluding hydrogens is 291 g/mol. The summed E-state index contributed by atoms with van der Waals surface area (Å²) in [5.74, 6) is -0.410. The highest BCUT2D eigenvalue weighted by molar-refractivity contribution is 7.09. The molecule has 0 spiro atoms. The number of carbonyl (C=O) groups is 1. The van der Waals surface area contributed by atoms with Gasteiger partial charge in [-0.2, -0.15) is 0 Å². The summed E-state index contributed by atoms with van der Waals surface area (Å²) in [6, 6.07) is 9.33. The lowest BCUT2D eigenvalue weighted by atomic mass is 10.1. The van der Waals surface area contributed by atoms with E-state index in [0.29, 0.717) is 12.1 Å². The normalized spacial score (nSPS) is 11.9. The van der Waals surface area contributed by atoms with E-state index in [1.54, 1.807) is 17.4 Å². The average Bonchev–Trinajstić information content (AvgIpc) is 2.98. The van der Waals surface area contributed by atoms with Crippen LogP contribution in [0.4, 0.5) is 9.18 Å². The van der Waals surface area contributed by atoms with E-state index in [1.807, 2.05) is 17.5 Å². The number of hydrogen-bond donors (Lipinski definition) is 3. The monoisotopic (exact) mass is 308 g/mol. The molecule has 0 fully saturated rings. The lowest BCUT2D eigenvalue weighted by Crippen LogP contribution is -2.38. The first-order valence-electron chi connectivity index (χ1n) is 6.63. The third-order valence-electron chi connectivity index (χ3n) is 2.93. The van der Waals surface area contributed by atoms with Crippen LogP contribution in [0.3, 0.4) is 0 Å². The summed E-state index contributed by atoms with van der Waals surface area (Å²) in [6.07, 6.45) is -0.152. The fraction of sp³-hybridized carbons (Fsp3) is 0.267. The molecule has 1 aromatic carbocycles. The third-order valence-corrected chi connectivity index (χ3v) is 3.86. The molecular formula is C15H17FN2O2S. The molecule has 0 aliphatic heterocycles. The Morgan fingerprint density at radius 1 is 1.29 bits per heavy atom. The van der Waals surface area contributed by atoms with Crippen LogP contribution in [0.5, 0.6) is 0 Å². The predicted molar refractivity (Wildman–Crippen MR) is 80.8 cm³/mol. The van der Waals surface area contributed by atoms with Gasteiger partial charge in [-0.15, -0.1) is 11.3 Å². The molecule has 0 saturated carbocycles. The van der Waals surface area contributed by atoms with Crippen molar-refractivity contribution < 1.29 is 14.3 Å². The fourth-order valence-electron chi connectivity index (χ4n) is 1.84. The van der Waals surface area contributed by atoms with E-state index < -0.39 is 11.9 Å². The van der Waals surface area contributed by atoms with Crippen molar-refractivity contribution in [2.24, 2.45) is 0 Å². The van der Waals surface area contributed by atoms with Gasteiger partial charge in [-0.1, -0.05) is 18.2 Å². The number of hydrogen-bond acceptors (Lipinski definition) is 3. The van der Waals surface area contributed by atoms with E-state index >= 15 is 0 Å². The van der Waals surface area contributed by atoms with Crippen molar-refractivity contribution >= 4 is 17.4 Å². The Hall–Kier alpha value is -1.92. The van der Waals surface area contributed by atoms with Crippen molar-refractivity contribution in [1.82, 2.24) is 10.6 Å². The van der Waals surface area contributed by atoms with Crippen LogP contribution in [-0.4, -0.2) is 24.2 Å². The Labute approximate surface area is 126 Å². The average molecular weight is 308 g/mol. The van der Waals surface area contributed by atoms with Gasteiger partial charge in [0.2, 0.25) is 0 Å². The summed E-state index contributed by atoms with van der Waals surface area (Å²) < 4.78 is 13.0. The number of benzene rings is 1. The minimum atomic E-state index is -0.927. The van der Waals surface area contributed by atoms with Crippen LogP contribution in [0.1, 0.15) is 16.5 Å². The van der Waals surface area contributed by atoms with Crippen LogP contribution in [-0.2, 0) is 6.42 Å². The molecule has 4 nitrogen and oxygen atoms in total. The van der Waals surface area contributed by atoms with Crippen molar-refractivity contribution in [1.29, 1.82) is 0 Å². The van der Waals surface area contributed by atoms with Crippen LogP contribution in [0, 0.1) is 5.82 Å². The molecule has 6 heteroatoms. The third kappa shape index (κ3) is 5.17. The number of thiophene rings is 1. The highest BCUT2D eigenvalue weighted by atomic mass is 32.1. The SMILES string of the molecule is O=C(NCCc1cccs1)NC[C@H](O)c1cccc(F)c1. The molecule has 1 heterocycles. The van der Waals surface area contributed by atoms with Gasteiger partial charge >= 0.3 is 6.03 Å². The van der Waals surface area contributed by atoms with E-state index in [-0.39, 0.29) is 12.6 Å². The van der Waals surface area contributed by atoms with E-state index in [1.165, 1.54) is 23.1 Å².